The van der Waals surface area contributed by atoms with Gasteiger partial charge in [0.2, 0.25) is 11.9 Å². The van der Waals surface area contributed by atoms with E-state index in [1.807, 2.05) is 6.92 Å². The van der Waals surface area contributed by atoms with E-state index in [1.165, 1.54) is 19.2 Å². The van der Waals surface area contributed by atoms with Gasteiger partial charge in [0.25, 0.3) is 0 Å². The molecule has 0 aliphatic rings. The highest BCUT2D eigenvalue weighted by Gasteiger charge is 2.11. The Morgan fingerprint density at radius 3 is 2.95 bits per heavy atom. The zero-order valence-electron chi connectivity index (χ0n) is 11.2. The molecule has 1 atom stereocenters. The molecule has 0 unspecified atom stereocenters. The number of nitrogens with zero attached hydrogens (tertiary/aromatic N) is 3. The second kappa shape index (κ2) is 5.55. The lowest BCUT2D eigenvalue weighted by Gasteiger charge is -2.15. The third kappa shape index (κ3) is 3.22. The molecule has 0 aliphatic carbocycles. The zero-order chi connectivity index (χ0) is 14.7. The third-order valence-corrected chi connectivity index (χ3v) is 2.58. The smallest absolute Gasteiger partial charge is 0.222 e. The average Bonchev–Trinajstić information content (AvgIpc) is 2.35. The average molecular weight is 276 g/mol. The number of aromatic hydroxyl groups is 1. The normalized spacial score (nSPS) is 12.1. The number of rotatable bonds is 4. The molecule has 20 heavy (non-hydrogen) atoms. The first-order valence-electron chi connectivity index (χ1n) is 6.09. The number of nitrogens with one attached hydrogen (secondary N) is 2. The lowest BCUT2D eigenvalue weighted by Crippen LogP contribution is -2.33. The van der Waals surface area contributed by atoms with Crippen LogP contribution in [0.1, 0.15) is 13.8 Å². The summed E-state index contributed by atoms with van der Waals surface area (Å²) in [5.41, 5.74) is 6.59. The molecule has 1 amide bonds. The molecule has 0 saturated heterocycles. The minimum absolute atomic E-state index is 0.00726. The van der Waals surface area contributed by atoms with E-state index >= 15 is 0 Å². The Bertz CT molecular complexity index is 640. The molecule has 0 saturated carbocycles. The number of fused-ring (bicyclic) bond motifs is 1. The number of carbonyl (C=O) groups excluding carboxylic acids is 1. The van der Waals surface area contributed by atoms with Gasteiger partial charge in [0, 0.05) is 25.6 Å². The van der Waals surface area contributed by atoms with E-state index in [-0.39, 0.29) is 23.6 Å². The highest BCUT2D eigenvalue weighted by Crippen LogP contribution is 2.22. The Hall–Kier alpha value is -2.64. The SMILES string of the molecule is CC(=O)NC[C@H](C)Nc1nc(N)nc2cc(O)cnc12. The predicted molar refractivity (Wildman–Crippen MR) is 75.2 cm³/mol. The Morgan fingerprint density at radius 1 is 1.50 bits per heavy atom. The van der Waals surface area contributed by atoms with Gasteiger partial charge in [-0.15, -0.1) is 0 Å². The van der Waals surface area contributed by atoms with Crippen LogP contribution in [-0.4, -0.2) is 38.6 Å². The van der Waals surface area contributed by atoms with E-state index < -0.39 is 0 Å². The second-order valence-electron chi connectivity index (χ2n) is 4.47. The largest absolute Gasteiger partial charge is 0.506 e. The molecule has 2 aromatic heterocycles. The summed E-state index contributed by atoms with van der Waals surface area (Å²) in [6, 6.07) is 1.40. The van der Waals surface area contributed by atoms with Crippen LogP contribution in [0.25, 0.3) is 11.0 Å². The van der Waals surface area contributed by atoms with Crippen LogP contribution in [-0.2, 0) is 4.79 Å². The van der Waals surface area contributed by atoms with Gasteiger partial charge in [-0.2, -0.15) is 4.98 Å². The molecule has 0 fully saturated rings. The fourth-order valence-corrected chi connectivity index (χ4v) is 1.71. The molecule has 8 heteroatoms. The van der Waals surface area contributed by atoms with Crippen LogP contribution in [0.5, 0.6) is 5.75 Å². The van der Waals surface area contributed by atoms with Crippen LogP contribution in [0.3, 0.4) is 0 Å². The van der Waals surface area contributed by atoms with Crippen molar-refractivity contribution >= 4 is 28.7 Å². The monoisotopic (exact) mass is 276 g/mol. The summed E-state index contributed by atoms with van der Waals surface area (Å²) in [7, 11) is 0. The summed E-state index contributed by atoms with van der Waals surface area (Å²) >= 11 is 0. The van der Waals surface area contributed by atoms with Gasteiger partial charge in [-0.05, 0) is 6.92 Å². The number of hydrogen-bond acceptors (Lipinski definition) is 7. The van der Waals surface area contributed by atoms with Gasteiger partial charge in [0.05, 0.1) is 6.20 Å². The number of nitrogens with two attached hydrogens (primary N) is 1. The van der Waals surface area contributed by atoms with Crippen LogP contribution >= 0.6 is 0 Å². The van der Waals surface area contributed by atoms with Crippen molar-refractivity contribution in [2.75, 3.05) is 17.6 Å². The van der Waals surface area contributed by atoms with Gasteiger partial charge >= 0.3 is 0 Å². The van der Waals surface area contributed by atoms with Crippen LogP contribution in [0.4, 0.5) is 11.8 Å². The van der Waals surface area contributed by atoms with Gasteiger partial charge < -0.3 is 21.5 Å². The van der Waals surface area contributed by atoms with Gasteiger partial charge in [-0.3, -0.25) is 4.79 Å². The lowest BCUT2D eigenvalue weighted by molar-refractivity contribution is -0.118. The molecule has 8 nitrogen and oxygen atoms in total. The molecule has 2 heterocycles. The van der Waals surface area contributed by atoms with Crippen molar-refractivity contribution in [3.63, 3.8) is 0 Å². The van der Waals surface area contributed by atoms with Gasteiger partial charge in [-0.1, -0.05) is 0 Å². The van der Waals surface area contributed by atoms with E-state index in [0.717, 1.165) is 0 Å². The summed E-state index contributed by atoms with van der Waals surface area (Å²) in [4.78, 5) is 23.1. The highest BCUT2D eigenvalue weighted by atomic mass is 16.3. The number of hydrogen-bond donors (Lipinski definition) is 4. The summed E-state index contributed by atoms with van der Waals surface area (Å²) in [6.45, 7) is 3.79. The van der Waals surface area contributed by atoms with Crippen molar-refractivity contribution in [3.8, 4) is 5.75 Å². The van der Waals surface area contributed by atoms with Gasteiger partial charge in [0.15, 0.2) is 5.82 Å². The molecule has 0 aromatic carbocycles. The molecule has 0 radical (unpaired) electrons. The van der Waals surface area contributed by atoms with E-state index in [4.69, 9.17) is 5.73 Å². The van der Waals surface area contributed by atoms with E-state index in [0.29, 0.717) is 23.4 Å². The maximum atomic E-state index is 10.9. The molecule has 0 bridgehead atoms. The summed E-state index contributed by atoms with van der Waals surface area (Å²) in [5.74, 6) is 0.450. The quantitative estimate of drug-likeness (QED) is 0.630. The van der Waals surface area contributed by atoms with Crippen LogP contribution in [0.2, 0.25) is 0 Å². The number of aromatic nitrogens is 3. The molecular weight excluding hydrogens is 260 g/mol. The topological polar surface area (TPSA) is 126 Å². The predicted octanol–water partition coefficient (Wildman–Crippen LogP) is 0.249. The summed E-state index contributed by atoms with van der Waals surface area (Å²) < 4.78 is 0. The first-order chi connectivity index (χ1) is 9.45. The van der Waals surface area contributed by atoms with Crippen molar-refractivity contribution < 1.29 is 9.90 Å². The fraction of sp³-hybridized carbons (Fsp3) is 0.333. The Morgan fingerprint density at radius 2 is 2.25 bits per heavy atom. The maximum Gasteiger partial charge on any atom is 0.222 e. The number of pyridine rings is 1. The highest BCUT2D eigenvalue weighted by molar-refractivity contribution is 5.86. The van der Waals surface area contributed by atoms with E-state index in [2.05, 4.69) is 25.6 Å². The summed E-state index contributed by atoms with van der Waals surface area (Å²) in [6.07, 6.45) is 1.31. The van der Waals surface area contributed by atoms with Crippen LogP contribution in [0.15, 0.2) is 12.3 Å². The van der Waals surface area contributed by atoms with E-state index in [1.54, 1.807) is 0 Å². The van der Waals surface area contributed by atoms with Crippen molar-refractivity contribution in [2.45, 2.75) is 19.9 Å². The molecule has 106 valence electrons. The molecule has 5 N–H and O–H groups in total. The Balaban J connectivity index is 2.27. The van der Waals surface area contributed by atoms with Gasteiger partial charge in [0.1, 0.15) is 16.8 Å². The minimum atomic E-state index is -0.103. The summed E-state index contributed by atoms with van der Waals surface area (Å²) in [5, 5.41) is 15.2. The Kier molecular flexibility index (Phi) is 3.83. The van der Waals surface area contributed by atoms with Crippen LogP contribution in [0, 0.1) is 0 Å². The first-order valence-corrected chi connectivity index (χ1v) is 6.09. The van der Waals surface area contributed by atoms with Crippen molar-refractivity contribution in [1.29, 1.82) is 0 Å². The van der Waals surface area contributed by atoms with Crippen LogP contribution < -0.4 is 16.4 Å². The minimum Gasteiger partial charge on any atom is -0.506 e. The molecule has 0 spiro atoms. The molecule has 2 aromatic rings. The van der Waals surface area contributed by atoms with Crippen molar-refractivity contribution in [3.05, 3.63) is 12.3 Å². The third-order valence-electron chi connectivity index (χ3n) is 2.58. The van der Waals surface area contributed by atoms with Gasteiger partial charge in [-0.25, -0.2) is 9.97 Å². The second-order valence-corrected chi connectivity index (χ2v) is 4.47. The zero-order valence-corrected chi connectivity index (χ0v) is 11.2. The lowest BCUT2D eigenvalue weighted by atomic mass is 10.3. The Labute approximate surface area is 115 Å². The fourth-order valence-electron chi connectivity index (χ4n) is 1.71. The van der Waals surface area contributed by atoms with Crippen molar-refractivity contribution in [2.24, 2.45) is 0 Å². The van der Waals surface area contributed by atoms with Crippen molar-refractivity contribution in [1.82, 2.24) is 20.3 Å². The number of anilines is 2. The standard InChI is InChI=1S/C12H16N6O2/c1-6(4-14-7(2)19)16-11-10-9(17-12(13)18-11)3-8(20)5-15-10/h3,5-6,20H,4H2,1-2H3,(H,14,19)(H3,13,16,17,18)/t6-/m0/s1. The van der Waals surface area contributed by atoms with E-state index in [9.17, 15) is 9.90 Å². The first kappa shape index (κ1) is 13.8. The number of carbonyl (C=O) groups is 1. The molecule has 0 aliphatic heterocycles. The number of nitrogen functional groups attached to an aromatic ring is 1. The molecular formula is C12H16N6O2. The maximum absolute atomic E-state index is 10.9. The molecule has 2 rings (SSSR count). The number of amides is 1.